The molecule has 0 spiro atoms. The first-order valence-corrected chi connectivity index (χ1v) is 8.34. The number of hydrogen-bond donors (Lipinski definition) is 2. The predicted octanol–water partition coefficient (Wildman–Crippen LogP) is 1.47. The van der Waals surface area contributed by atoms with Gasteiger partial charge in [0, 0.05) is 32.1 Å². The number of amides is 2. The topological polar surface area (TPSA) is 70.7 Å². The second-order valence-corrected chi connectivity index (χ2v) is 6.50. The van der Waals surface area contributed by atoms with Gasteiger partial charge in [-0.3, -0.25) is 9.59 Å². The van der Waals surface area contributed by atoms with Crippen LogP contribution in [0.25, 0.3) is 0 Å². The van der Waals surface area contributed by atoms with Crippen LogP contribution < -0.4 is 15.4 Å². The Morgan fingerprint density at radius 2 is 1.83 bits per heavy atom. The maximum Gasteiger partial charge on any atom is 0.225 e. The molecule has 0 unspecified atom stereocenters. The minimum absolute atomic E-state index is 0.0600. The van der Waals surface area contributed by atoms with Crippen molar-refractivity contribution in [3.8, 4) is 5.75 Å². The first kappa shape index (κ1) is 18.3. The lowest BCUT2D eigenvalue weighted by Gasteiger charge is -2.37. The van der Waals surface area contributed by atoms with Crippen molar-refractivity contribution < 1.29 is 14.3 Å². The van der Waals surface area contributed by atoms with Crippen LogP contribution in [0.5, 0.6) is 5.75 Å². The van der Waals surface area contributed by atoms with E-state index in [4.69, 9.17) is 4.74 Å². The molecule has 1 saturated heterocycles. The highest BCUT2D eigenvalue weighted by Crippen LogP contribution is 2.22. The van der Waals surface area contributed by atoms with Gasteiger partial charge in [0.05, 0.1) is 19.6 Å². The van der Waals surface area contributed by atoms with E-state index in [0.29, 0.717) is 13.1 Å². The normalized spacial score (nSPS) is 21.9. The number of benzene rings is 1. The van der Waals surface area contributed by atoms with Gasteiger partial charge in [-0.1, -0.05) is 12.1 Å². The van der Waals surface area contributed by atoms with Gasteiger partial charge < -0.3 is 20.3 Å². The number of piperazine rings is 1. The quantitative estimate of drug-likeness (QED) is 0.856. The lowest BCUT2D eigenvalue weighted by atomic mass is 10.0. The summed E-state index contributed by atoms with van der Waals surface area (Å²) < 4.78 is 5.16. The van der Waals surface area contributed by atoms with Crippen molar-refractivity contribution in [2.24, 2.45) is 0 Å². The van der Waals surface area contributed by atoms with E-state index >= 15 is 0 Å². The second-order valence-electron chi connectivity index (χ2n) is 6.50. The number of carbonyl (C=O) groups is 2. The van der Waals surface area contributed by atoms with Crippen LogP contribution in [0, 0.1) is 0 Å². The fraction of sp³-hybridized carbons (Fsp3) is 0.556. The van der Waals surface area contributed by atoms with Crippen molar-refractivity contribution >= 4 is 11.8 Å². The molecule has 1 aromatic rings. The molecule has 1 aromatic carbocycles. The Balaban J connectivity index is 2.09. The minimum Gasteiger partial charge on any atom is -0.497 e. The van der Waals surface area contributed by atoms with E-state index in [0.717, 1.165) is 11.3 Å². The molecule has 1 aliphatic rings. The van der Waals surface area contributed by atoms with Crippen molar-refractivity contribution in [3.05, 3.63) is 29.8 Å². The maximum atomic E-state index is 12.7. The van der Waals surface area contributed by atoms with E-state index in [1.807, 2.05) is 29.2 Å². The molecule has 0 aromatic heterocycles. The molecule has 1 aliphatic heterocycles. The molecular formula is C18H27N3O3. The zero-order valence-electron chi connectivity index (χ0n) is 14.8. The molecule has 132 valence electrons. The van der Waals surface area contributed by atoms with Crippen molar-refractivity contribution in [1.29, 1.82) is 0 Å². The van der Waals surface area contributed by atoms with Crippen LogP contribution in [0.1, 0.15) is 38.8 Å². The average Bonchev–Trinajstić information content (AvgIpc) is 2.53. The molecule has 2 rings (SSSR count). The molecule has 0 bridgehead atoms. The molecule has 0 saturated carbocycles. The summed E-state index contributed by atoms with van der Waals surface area (Å²) >= 11 is 0. The maximum absolute atomic E-state index is 12.7. The Labute approximate surface area is 143 Å². The molecule has 0 aliphatic carbocycles. The van der Waals surface area contributed by atoms with Crippen molar-refractivity contribution in [2.45, 2.75) is 45.3 Å². The standard InChI is InChI=1S/C18H27N3O3/c1-12-10-21(11-13(2)19-12)18(23)9-17(20-14(3)22)15-5-7-16(24-4)8-6-15/h5-8,12-13,17,19H,9-11H2,1-4H3,(H,20,22)/t12-,13+,17-/m1/s1. The average molecular weight is 333 g/mol. The van der Waals surface area contributed by atoms with E-state index in [9.17, 15) is 9.59 Å². The van der Waals surface area contributed by atoms with Gasteiger partial charge in [0.25, 0.3) is 0 Å². The number of nitrogens with one attached hydrogen (secondary N) is 2. The largest absolute Gasteiger partial charge is 0.497 e. The summed E-state index contributed by atoms with van der Waals surface area (Å²) in [6, 6.07) is 7.66. The van der Waals surface area contributed by atoms with Crippen LogP contribution in [-0.2, 0) is 9.59 Å². The summed E-state index contributed by atoms with van der Waals surface area (Å²) in [4.78, 5) is 26.1. The van der Waals surface area contributed by atoms with Gasteiger partial charge in [-0.15, -0.1) is 0 Å². The number of rotatable bonds is 5. The highest BCUT2D eigenvalue weighted by Gasteiger charge is 2.27. The SMILES string of the molecule is COc1ccc([C@@H](CC(=O)N2C[C@@H](C)N[C@@H](C)C2)NC(C)=O)cc1. The number of nitrogens with zero attached hydrogens (tertiary/aromatic N) is 1. The molecule has 1 heterocycles. The third kappa shape index (κ3) is 4.96. The van der Waals surface area contributed by atoms with Gasteiger partial charge in [-0.05, 0) is 31.5 Å². The molecule has 24 heavy (non-hydrogen) atoms. The Kier molecular flexibility index (Phi) is 6.20. The van der Waals surface area contributed by atoms with Crippen molar-refractivity contribution in [3.63, 3.8) is 0 Å². The third-order valence-corrected chi connectivity index (χ3v) is 4.18. The first-order valence-electron chi connectivity index (χ1n) is 8.34. The van der Waals surface area contributed by atoms with Crippen LogP contribution in [-0.4, -0.2) is 49.0 Å². The van der Waals surface area contributed by atoms with Crippen LogP contribution in [0.15, 0.2) is 24.3 Å². The number of carbonyl (C=O) groups excluding carboxylic acids is 2. The zero-order valence-corrected chi connectivity index (χ0v) is 14.8. The van der Waals surface area contributed by atoms with E-state index in [-0.39, 0.29) is 36.4 Å². The summed E-state index contributed by atoms with van der Waals surface area (Å²) in [5.74, 6) is 0.659. The number of ether oxygens (including phenoxy) is 1. The lowest BCUT2D eigenvalue weighted by Crippen LogP contribution is -2.56. The molecule has 6 nitrogen and oxygen atoms in total. The number of hydrogen-bond acceptors (Lipinski definition) is 4. The van der Waals surface area contributed by atoms with Gasteiger partial charge in [0.2, 0.25) is 11.8 Å². The second kappa shape index (κ2) is 8.15. The molecule has 2 amide bonds. The highest BCUT2D eigenvalue weighted by atomic mass is 16.5. The molecular weight excluding hydrogens is 306 g/mol. The molecule has 2 N–H and O–H groups in total. The fourth-order valence-electron chi connectivity index (χ4n) is 3.17. The minimum atomic E-state index is -0.332. The van der Waals surface area contributed by atoms with Gasteiger partial charge in [-0.2, -0.15) is 0 Å². The molecule has 0 radical (unpaired) electrons. The highest BCUT2D eigenvalue weighted by molar-refractivity contribution is 5.79. The fourth-order valence-corrected chi connectivity index (χ4v) is 3.17. The monoisotopic (exact) mass is 333 g/mol. The van der Waals surface area contributed by atoms with E-state index in [1.165, 1.54) is 6.92 Å². The summed E-state index contributed by atoms with van der Waals surface area (Å²) in [5, 5.41) is 6.30. The van der Waals surface area contributed by atoms with Crippen LogP contribution in [0.3, 0.4) is 0 Å². The first-order chi connectivity index (χ1) is 11.4. The number of methoxy groups -OCH3 is 1. The lowest BCUT2D eigenvalue weighted by molar-refractivity contribution is -0.133. The van der Waals surface area contributed by atoms with E-state index < -0.39 is 0 Å². The third-order valence-electron chi connectivity index (χ3n) is 4.18. The van der Waals surface area contributed by atoms with Crippen LogP contribution >= 0.6 is 0 Å². The molecule has 1 fully saturated rings. The Hall–Kier alpha value is -2.08. The summed E-state index contributed by atoms with van der Waals surface area (Å²) in [7, 11) is 1.61. The Morgan fingerprint density at radius 1 is 1.25 bits per heavy atom. The van der Waals surface area contributed by atoms with Crippen LogP contribution in [0.2, 0.25) is 0 Å². The van der Waals surface area contributed by atoms with Crippen LogP contribution in [0.4, 0.5) is 0 Å². The zero-order chi connectivity index (χ0) is 17.7. The summed E-state index contributed by atoms with van der Waals surface area (Å²) in [5.41, 5.74) is 0.899. The molecule has 3 atom stereocenters. The van der Waals surface area contributed by atoms with E-state index in [2.05, 4.69) is 24.5 Å². The predicted molar refractivity (Wildman–Crippen MR) is 92.8 cm³/mol. The van der Waals surface area contributed by atoms with E-state index in [1.54, 1.807) is 7.11 Å². The van der Waals surface area contributed by atoms with Gasteiger partial charge in [0.1, 0.15) is 5.75 Å². The smallest absolute Gasteiger partial charge is 0.225 e. The van der Waals surface area contributed by atoms with Crippen molar-refractivity contribution in [1.82, 2.24) is 15.5 Å². The molecule has 6 heteroatoms. The van der Waals surface area contributed by atoms with Gasteiger partial charge in [0.15, 0.2) is 0 Å². The Morgan fingerprint density at radius 3 is 2.33 bits per heavy atom. The van der Waals surface area contributed by atoms with Crippen molar-refractivity contribution in [2.75, 3.05) is 20.2 Å². The van der Waals surface area contributed by atoms with Gasteiger partial charge >= 0.3 is 0 Å². The van der Waals surface area contributed by atoms with Gasteiger partial charge in [-0.25, -0.2) is 0 Å². The summed E-state index contributed by atoms with van der Waals surface area (Å²) in [6.07, 6.45) is 0.255. The Bertz CT molecular complexity index is 563. The summed E-state index contributed by atoms with van der Waals surface area (Å²) in [6.45, 7) is 7.00.